The van der Waals surface area contributed by atoms with Crippen LogP contribution in [0.2, 0.25) is 10.0 Å². The summed E-state index contributed by atoms with van der Waals surface area (Å²) in [5.74, 6) is -0.491. The van der Waals surface area contributed by atoms with Crippen molar-refractivity contribution in [3.8, 4) is 0 Å². The van der Waals surface area contributed by atoms with E-state index in [1.807, 2.05) is 0 Å². The van der Waals surface area contributed by atoms with Crippen LogP contribution in [0.1, 0.15) is 17.5 Å². The molecule has 27 heavy (non-hydrogen) atoms. The molecule has 1 aliphatic rings. The smallest absolute Gasteiger partial charge is 0.233 e. The highest BCUT2D eigenvalue weighted by atomic mass is 35.5. The minimum absolute atomic E-state index is 0.0780. The molecule has 0 heterocycles. The van der Waals surface area contributed by atoms with E-state index in [-0.39, 0.29) is 17.6 Å². The SMILES string of the molecule is CN(Cc1ccc(F)cc1)C(=O)[C@@]1(c2ccc(Cl)c(Cl)c2)C[C@H]1C=CC=O. The maximum absolute atomic E-state index is 13.3. The summed E-state index contributed by atoms with van der Waals surface area (Å²) in [6, 6.07) is 11.2. The molecule has 0 N–H and O–H groups in total. The molecule has 2 aromatic carbocycles. The largest absolute Gasteiger partial charge is 0.341 e. The van der Waals surface area contributed by atoms with Crippen molar-refractivity contribution in [3.63, 3.8) is 0 Å². The standard InChI is InChI=1S/C21H18Cl2FNO2/c1-25(13-14-4-7-17(24)8-5-14)20(27)21(12-16(21)3-2-10-26)15-6-9-18(22)19(23)11-15/h2-11,16H,12-13H2,1H3/t16-,21-/m1/s1. The van der Waals surface area contributed by atoms with Gasteiger partial charge in [-0.1, -0.05) is 47.5 Å². The second-order valence-electron chi connectivity index (χ2n) is 6.72. The molecule has 0 spiro atoms. The van der Waals surface area contributed by atoms with Crippen LogP contribution in [0.4, 0.5) is 4.39 Å². The van der Waals surface area contributed by atoms with Gasteiger partial charge in [0.2, 0.25) is 5.91 Å². The predicted molar refractivity (Wildman–Crippen MR) is 104 cm³/mol. The number of benzene rings is 2. The quantitative estimate of drug-likeness (QED) is 0.510. The summed E-state index contributed by atoms with van der Waals surface area (Å²) in [6.45, 7) is 0.353. The van der Waals surface area contributed by atoms with Crippen LogP contribution in [0.3, 0.4) is 0 Å². The molecule has 6 heteroatoms. The Morgan fingerprint density at radius 1 is 1.22 bits per heavy atom. The monoisotopic (exact) mass is 405 g/mol. The highest BCUT2D eigenvalue weighted by Gasteiger charge is 2.60. The number of rotatable bonds is 6. The first-order valence-corrected chi connectivity index (χ1v) is 9.21. The fourth-order valence-corrected chi connectivity index (χ4v) is 3.75. The number of halogens is 3. The van der Waals surface area contributed by atoms with Gasteiger partial charge in [-0.05, 0) is 53.8 Å². The molecule has 0 aromatic heterocycles. The highest BCUT2D eigenvalue weighted by Crippen LogP contribution is 2.57. The Labute approximate surface area is 167 Å². The van der Waals surface area contributed by atoms with Gasteiger partial charge in [-0.25, -0.2) is 4.39 Å². The Hall–Kier alpha value is -2.17. The van der Waals surface area contributed by atoms with Crippen LogP contribution < -0.4 is 0 Å². The molecule has 0 bridgehead atoms. The zero-order chi connectivity index (χ0) is 19.6. The lowest BCUT2D eigenvalue weighted by molar-refractivity contribution is -0.133. The fourth-order valence-electron chi connectivity index (χ4n) is 3.45. The summed E-state index contributed by atoms with van der Waals surface area (Å²) in [7, 11) is 1.71. The summed E-state index contributed by atoms with van der Waals surface area (Å²) >= 11 is 12.2. The topological polar surface area (TPSA) is 37.4 Å². The van der Waals surface area contributed by atoms with Crippen LogP contribution >= 0.6 is 23.2 Å². The van der Waals surface area contributed by atoms with Crippen LogP contribution in [0, 0.1) is 11.7 Å². The van der Waals surface area contributed by atoms with E-state index in [1.54, 1.807) is 48.4 Å². The zero-order valence-electron chi connectivity index (χ0n) is 14.7. The number of hydrogen-bond acceptors (Lipinski definition) is 2. The van der Waals surface area contributed by atoms with Crippen molar-refractivity contribution in [2.45, 2.75) is 18.4 Å². The van der Waals surface area contributed by atoms with Gasteiger partial charge in [0.15, 0.2) is 0 Å². The third-order valence-corrected chi connectivity index (χ3v) is 5.67. The molecule has 1 aliphatic carbocycles. The molecule has 0 unspecified atom stereocenters. The Kier molecular flexibility index (Phi) is 5.68. The third kappa shape index (κ3) is 3.92. The maximum Gasteiger partial charge on any atom is 0.233 e. The number of hydrogen-bond donors (Lipinski definition) is 0. The van der Waals surface area contributed by atoms with Crippen molar-refractivity contribution in [3.05, 3.63) is 81.6 Å². The predicted octanol–water partition coefficient (Wildman–Crippen LogP) is 4.80. The van der Waals surface area contributed by atoms with Crippen LogP contribution in [0.25, 0.3) is 0 Å². The Morgan fingerprint density at radius 3 is 2.56 bits per heavy atom. The molecule has 2 aromatic rings. The van der Waals surface area contributed by atoms with E-state index in [9.17, 15) is 14.0 Å². The number of nitrogens with zero attached hydrogens (tertiary/aromatic N) is 1. The second kappa shape index (κ2) is 7.83. The summed E-state index contributed by atoms with van der Waals surface area (Å²) in [4.78, 5) is 25.6. The lowest BCUT2D eigenvalue weighted by atomic mass is 9.91. The first-order chi connectivity index (χ1) is 12.9. The van der Waals surface area contributed by atoms with Crippen molar-refractivity contribution in [1.82, 2.24) is 4.90 Å². The van der Waals surface area contributed by atoms with Crippen molar-refractivity contribution < 1.29 is 14.0 Å². The van der Waals surface area contributed by atoms with Crippen LogP contribution in [-0.2, 0) is 21.5 Å². The van der Waals surface area contributed by atoms with Gasteiger partial charge in [-0.15, -0.1) is 0 Å². The zero-order valence-corrected chi connectivity index (χ0v) is 16.2. The Balaban J connectivity index is 1.89. The van der Waals surface area contributed by atoms with E-state index in [2.05, 4.69) is 0 Å². The summed E-state index contributed by atoms with van der Waals surface area (Å²) in [5, 5.41) is 0.802. The molecular weight excluding hydrogens is 388 g/mol. The first kappa shape index (κ1) is 19.6. The number of amides is 1. The molecule has 140 valence electrons. The minimum atomic E-state index is -0.775. The van der Waals surface area contributed by atoms with Crippen LogP contribution in [0.5, 0.6) is 0 Å². The molecule has 2 atom stereocenters. The van der Waals surface area contributed by atoms with E-state index < -0.39 is 5.41 Å². The first-order valence-electron chi connectivity index (χ1n) is 8.46. The minimum Gasteiger partial charge on any atom is -0.341 e. The summed E-state index contributed by atoms with van der Waals surface area (Å²) in [6.07, 6.45) is 4.45. The van der Waals surface area contributed by atoms with Gasteiger partial charge < -0.3 is 4.90 Å². The van der Waals surface area contributed by atoms with Gasteiger partial charge in [0.05, 0.1) is 15.5 Å². The third-order valence-electron chi connectivity index (χ3n) is 4.93. The number of carbonyl (C=O) groups excluding carboxylic acids is 2. The Bertz CT molecular complexity index is 898. The molecule has 0 aliphatic heterocycles. The lowest BCUT2D eigenvalue weighted by Crippen LogP contribution is -2.37. The second-order valence-corrected chi connectivity index (χ2v) is 7.53. The molecular formula is C21H18Cl2FNO2. The average molecular weight is 406 g/mol. The number of allylic oxidation sites excluding steroid dienone is 2. The highest BCUT2D eigenvalue weighted by molar-refractivity contribution is 6.42. The van der Waals surface area contributed by atoms with Crippen LogP contribution in [0.15, 0.2) is 54.6 Å². The lowest BCUT2D eigenvalue weighted by Gasteiger charge is -2.25. The molecule has 1 amide bonds. The number of carbonyl (C=O) groups is 2. The Morgan fingerprint density at radius 2 is 1.93 bits per heavy atom. The molecule has 3 nitrogen and oxygen atoms in total. The van der Waals surface area contributed by atoms with Crippen molar-refractivity contribution in [2.24, 2.45) is 5.92 Å². The normalized spacial score (nSPS) is 21.3. The van der Waals surface area contributed by atoms with E-state index in [1.165, 1.54) is 18.2 Å². The van der Waals surface area contributed by atoms with E-state index >= 15 is 0 Å². The number of likely N-dealkylation sites (N-methyl/N-ethyl adjacent to an activating group) is 1. The molecule has 1 saturated carbocycles. The van der Waals surface area contributed by atoms with Crippen molar-refractivity contribution in [1.29, 1.82) is 0 Å². The van der Waals surface area contributed by atoms with E-state index in [4.69, 9.17) is 23.2 Å². The molecule has 3 rings (SSSR count). The fraction of sp³-hybridized carbons (Fsp3) is 0.238. The van der Waals surface area contributed by atoms with Gasteiger partial charge in [0, 0.05) is 13.6 Å². The van der Waals surface area contributed by atoms with Crippen LogP contribution in [-0.4, -0.2) is 24.1 Å². The van der Waals surface area contributed by atoms with Crippen molar-refractivity contribution >= 4 is 35.4 Å². The van der Waals surface area contributed by atoms with Gasteiger partial charge >= 0.3 is 0 Å². The number of aldehydes is 1. The molecule has 0 saturated heterocycles. The maximum atomic E-state index is 13.3. The molecule has 0 radical (unpaired) electrons. The van der Waals surface area contributed by atoms with Gasteiger partial charge in [0.1, 0.15) is 12.1 Å². The van der Waals surface area contributed by atoms with E-state index in [0.29, 0.717) is 29.3 Å². The van der Waals surface area contributed by atoms with Gasteiger partial charge in [-0.2, -0.15) is 0 Å². The molecule has 1 fully saturated rings. The summed E-state index contributed by atoms with van der Waals surface area (Å²) < 4.78 is 13.1. The van der Waals surface area contributed by atoms with Gasteiger partial charge in [0.25, 0.3) is 0 Å². The summed E-state index contributed by atoms with van der Waals surface area (Å²) in [5.41, 5.74) is 0.827. The van der Waals surface area contributed by atoms with E-state index in [0.717, 1.165) is 11.1 Å². The van der Waals surface area contributed by atoms with Gasteiger partial charge in [-0.3, -0.25) is 9.59 Å². The van der Waals surface area contributed by atoms with Crippen molar-refractivity contribution in [2.75, 3.05) is 7.05 Å². The average Bonchev–Trinajstić information content (AvgIpc) is 3.38.